The van der Waals surface area contributed by atoms with E-state index in [1.54, 1.807) is 18.2 Å². The SMILES string of the molecule is O=C(NCc1nc2ccccc2c(=O)[nH]1)C1CC(=O)N(C2CC2)C1. The number of nitrogens with zero attached hydrogens (tertiary/aromatic N) is 2. The summed E-state index contributed by atoms with van der Waals surface area (Å²) in [4.78, 5) is 45.1. The van der Waals surface area contributed by atoms with Gasteiger partial charge in [-0.25, -0.2) is 4.98 Å². The summed E-state index contributed by atoms with van der Waals surface area (Å²) in [7, 11) is 0. The Kier molecular flexibility index (Phi) is 3.55. The summed E-state index contributed by atoms with van der Waals surface area (Å²) >= 11 is 0. The van der Waals surface area contributed by atoms with Crippen molar-refractivity contribution in [3.8, 4) is 0 Å². The minimum atomic E-state index is -0.315. The zero-order valence-corrected chi connectivity index (χ0v) is 13.1. The van der Waals surface area contributed by atoms with E-state index in [0.29, 0.717) is 29.3 Å². The van der Waals surface area contributed by atoms with Gasteiger partial charge in [0.2, 0.25) is 11.8 Å². The Morgan fingerprint density at radius 3 is 2.88 bits per heavy atom. The Bertz CT molecular complexity index is 872. The number of hydrogen-bond acceptors (Lipinski definition) is 4. The number of benzene rings is 1. The monoisotopic (exact) mass is 326 g/mol. The number of aromatic nitrogens is 2. The average molecular weight is 326 g/mol. The lowest BCUT2D eigenvalue weighted by atomic mass is 10.1. The van der Waals surface area contributed by atoms with E-state index in [2.05, 4.69) is 15.3 Å². The number of H-pyrrole nitrogens is 1. The van der Waals surface area contributed by atoms with Crippen LogP contribution in [0.5, 0.6) is 0 Å². The van der Waals surface area contributed by atoms with Gasteiger partial charge in [-0.2, -0.15) is 0 Å². The number of nitrogens with one attached hydrogen (secondary N) is 2. The lowest BCUT2D eigenvalue weighted by Gasteiger charge is -2.15. The number of likely N-dealkylation sites (tertiary alicyclic amines) is 1. The number of amides is 2. The summed E-state index contributed by atoms with van der Waals surface area (Å²) in [6, 6.07) is 7.41. The van der Waals surface area contributed by atoms with Crippen molar-refractivity contribution in [3.05, 3.63) is 40.4 Å². The van der Waals surface area contributed by atoms with Crippen LogP contribution in [0.4, 0.5) is 0 Å². The maximum atomic E-state index is 12.3. The zero-order chi connectivity index (χ0) is 16.7. The molecule has 0 bridgehead atoms. The molecule has 2 fully saturated rings. The molecule has 2 amide bonds. The van der Waals surface area contributed by atoms with Crippen molar-refractivity contribution >= 4 is 22.7 Å². The zero-order valence-electron chi connectivity index (χ0n) is 13.1. The van der Waals surface area contributed by atoms with E-state index in [-0.39, 0.29) is 36.3 Å². The van der Waals surface area contributed by atoms with Crippen LogP contribution in [0.25, 0.3) is 10.9 Å². The van der Waals surface area contributed by atoms with Crippen LogP contribution in [-0.4, -0.2) is 39.3 Å². The predicted molar refractivity (Wildman–Crippen MR) is 87.1 cm³/mol. The number of carbonyl (C=O) groups is 2. The van der Waals surface area contributed by atoms with Crippen LogP contribution in [0.15, 0.2) is 29.1 Å². The van der Waals surface area contributed by atoms with Crippen LogP contribution in [0, 0.1) is 5.92 Å². The second-order valence-electron chi connectivity index (χ2n) is 6.43. The van der Waals surface area contributed by atoms with E-state index >= 15 is 0 Å². The molecule has 0 spiro atoms. The number of carbonyl (C=O) groups excluding carboxylic acids is 2. The summed E-state index contributed by atoms with van der Waals surface area (Å²) in [6.45, 7) is 0.643. The molecule has 2 aliphatic rings. The number of hydrogen-bond donors (Lipinski definition) is 2. The molecule has 1 aromatic carbocycles. The molecule has 2 N–H and O–H groups in total. The van der Waals surface area contributed by atoms with E-state index in [1.165, 1.54) is 0 Å². The molecule has 1 aliphatic carbocycles. The smallest absolute Gasteiger partial charge is 0.258 e. The topological polar surface area (TPSA) is 95.2 Å². The molecule has 7 nitrogen and oxygen atoms in total. The van der Waals surface area contributed by atoms with Gasteiger partial charge in [0.15, 0.2) is 0 Å². The van der Waals surface area contributed by atoms with E-state index < -0.39 is 0 Å². The number of para-hydroxylation sites is 1. The molecule has 1 saturated carbocycles. The maximum Gasteiger partial charge on any atom is 0.258 e. The van der Waals surface area contributed by atoms with Gasteiger partial charge in [0.1, 0.15) is 5.82 Å². The summed E-state index contributed by atoms with van der Waals surface area (Å²) in [6.07, 6.45) is 2.36. The minimum absolute atomic E-state index is 0.0647. The summed E-state index contributed by atoms with van der Waals surface area (Å²) in [5, 5.41) is 3.31. The Morgan fingerprint density at radius 1 is 1.29 bits per heavy atom. The molecule has 0 radical (unpaired) electrons. The first-order valence-corrected chi connectivity index (χ1v) is 8.17. The Hall–Kier alpha value is -2.70. The molecule has 24 heavy (non-hydrogen) atoms. The van der Waals surface area contributed by atoms with Gasteiger partial charge >= 0.3 is 0 Å². The van der Waals surface area contributed by atoms with E-state index in [0.717, 1.165) is 12.8 Å². The van der Waals surface area contributed by atoms with Gasteiger partial charge in [0, 0.05) is 19.0 Å². The molecule has 1 aromatic heterocycles. The van der Waals surface area contributed by atoms with Crippen molar-refractivity contribution in [1.82, 2.24) is 20.2 Å². The minimum Gasteiger partial charge on any atom is -0.349 e. The maximum absolute atomic E-state index is 12.3. The lowest BCUT2D eigenvalue weighted by Crippen LogP contribution is -2.34. The van der Waals surface area contributed by atoms with Gasteiger partial charge in [0.25, 0.3) is 5.56 Å². The first-order valence-electron chi connectivity index (χ1n) is 8.17. The summed E-state index contributed by atoms with van der Waals surface area (Å²) in [5.74, 6) is -0.00195. The Morgan fingerprint density at radius 2 is 2.08 bits per heavy atom. The second kappa shape index (κ2) is 5.74. The number of fused-ring (bicyclic) bond motifs is 1. The highest BCUT2D eigenvalue weighted by atomic mass is 16.2. The molecular formula is C17H18N4O3. The van der Waals surface area contributed by atoms with Gasteiger partial charge < -0.3 is 15.2 Å². The van der Waals surface area contributed by atoms with Crippen molar-refractivity contribution in [2.75, 3.05) is 6.54 Å². The molecule has 124 valence electrons. The van der Waals surface area contributed by atoms with Crippen molar-refractivity contribution in [2.45, 2.75) is 31.8 Å². The van der Waals surface area contributed by atoms with Crippen LogP contribution in [-0.2, 0) is 16.1 Å². The van der Waals surface area contributed by atoms with Gasteiger partial charge in [-0.1, -0.05) is 12.1 Å². The average Bonchev–Trinajstić information content (AvgIpc) is 3.35. The first kappa shape index (κ1) is 14.9. The molecule has 1 unspecified atom stereocenters. The third-order valence-corrected chi connectivity index (χ3v) is 4.61. The first-order chi connectivity index (χ1) is 11.6. The summed E-state index contributed by atoms with van der Waals surface area (Å²) < 4.78 is 0. The van der Waals surface area contributed by atoms with Crippen molar-refractivity contribution in [2.24, 2.45) is 5.92 Å². The highest BCUT2D eigenvalue weighted by Gasteiger charge is 2.41. The van der Waals surface area contributed by atoms with Gasteiger partial charge in [-0.3, -0.25) is 14.4 Å². The molecule has 2 heterocycles. The molecule has 4 rings (SSSR count). The van der Waals surface area contributed by atoms with Crippen LogP contribution < -0.4 is 10.9 Å². The largest absolute Gasteiger partial charge is 0.349 e. The van der Waals surface area contributed by atoms with E-state index in [1.807, 2.05) is 11.0 Å². The van der Waals surface area contributed by atoms with Gasteiger partial charge in [-0.15, -0.1) is 0 Å². The Labute approximate surface area is 138 Å². The van der Waals surface area contributed by atoms with Crippen LogP contribution in [0.1, 0.15) is 25.1 Å². The quantitative estimate of drug-likeness (QED) is 0.858. The van der Waals surface area contributed by atoms with Crippen LogP contribution in [0.2, 0.25) is 0 Å². The molecule has 1 atom stereocenters. The van der Waals surface area contributed by atoms with Crippen molar-refractivity contribution in [1.29, 1.82) is 0 Å². The fourth-order valence-electron chi connectivity index (χ4n) is 3.18. The standard InChI is InChI=1S/C17H18N4O3/c22-15-7-10(9-21(15)11-5-6-11)16(23)18-8-14-19-13-4-2-1-3-12(13)17(24)20-14/h1-4,10-11H,5-9H2,(H,18,23)(H,19,20,24). The fourth-order valence-corrected chi connectivity index (χ4v) is 3.18. The molecule has 7 heteroatoms. The Balaban J connectivity index is 1.42. The highest BCUT2D eigenvalue weighted by Crippen LogP contribution is 2.32. The lowest BCUT2D eigenvalue weighted by molar-refractivity contribution is -0.129. The third kappa shape index (κ3) is 2.77. The highest BCUT2D eigenvalue weighted by molar-refractivity contribution is 5.89. The fraction of sp³-hybridized carbons (Fsp3) is 0.412. The van der Waals surface area contributed by atoms with Crippen LogP contribution in [0.3, 0.4) is 0 Å². The number of rotatable bonds is 4. The summed E-state index contributed by atoms with van der Waals surface area (Å²) in [5.41, 5.74) is 0.377. The van der Waals surface area contributed by atoms with Gasteiger partial charge in [-0.05, 0) is 25.0 Å². The molecule has 1 aliphatic heterocycles. The molecule has 1 saturated heterocycles. The van der Waals surface area contributed by atoms with Gasteiger partial charge in [0.05, 0.1) is 23.4 Å². The van der Waals surface area contributed by atoms with Crippen LogP contribution >= 0.6 is 0 Å². The third-order valence-electron chi connectivity index (χ3n) is 4.61. The molecule has 2 aromatic rings. The van der Waals surface area contributed by atoms with E-state index in [9.17, 15) is 14.4 Å². The van der Waals surface area contributed by atoms with Crippen molar-refractivity contribution in [3.63, 3.8) is 0 Å². The van der Waals surface area contributed by atoms with Crippen molar-refractivity contribution < 1.29 is 9.59 Å². The number of aromatic amines is 1. The molecular weight excluding hydrogens is 308 g/mol. The normalized spacial score (nSPS) is 20.6. The predicted octanol–water partition coefficient (Wildman–Crippen LogP) is 0.550. The second-order valence-corrected chi connectivity index (χ2v) is 6.43. The van der Waals surface area contributed by atoms with E-state index in [4.69, 9.17) is 0 Å².